The van der Waals surface area contributed by atoms with Gasteiger partial charge < -0.3 is 10.1 Å². The van der Waals surface area contributed by atoms with Gasteiger partial charge in [-0.15, -0.1) is 0 Å². The summed E-state index contributed by atoms with van der Waals surface area (Å²) in [6, 6.07) is 12.4. The van der Waals surface area contributed by atoms with E-state index in [0.29, 0.717) is 18.5 Å². The summed E-state index contributed by atoms with van der Waals surface area (Å²) >= 11 is 5.95. The molecule has 1 aromatic carbocycles. The Hall–Kier alpha value is -1.58. The molecule has 1 aliphatic rings. The predicted octanol–water partition coefficient (Wildman–Crippen LogP) is 3.57. The molecule has 1 aromatic heterocycles. The van der Waals surface area contributed by atoms with Gasteiger partial charge >= 0.3 is 0 Å². The second kappa shape index (κ2) is 6.25. The molecule has 0 radical (unpaired) electrons. The smallest absolute Gasteiger partial charge is 0.213 e. The highest BCUT2D eigenvalue weighted by Gasteiger charge is 2.19. The minimum atomic E-state index is 0.479. The van der Waals surface area contributed by atoms with E-state index in [1.807, 2.05) is 36.4 Å². The lowest BCUT2D eigenvalue weighted by Gasteiger charge is -2.08. The van der Waals surface area contributed by atoms with Crippen LogP contribution in [0, 0.1) is 0 Å². The van der Waals surface area contributed by atoms with Crippen molar-refractivity contribution in [2.75, 3.05) is 0 Å². The second-order valence-corrected chi connectivity index (χ2v) is 5.51. The maximum Gasteiger partial charge on any atom is 0.213 e. The van der Waals surface area contributed by atoms with Crippen molar-refractivity contribution in [2.45, 2.75) is 32.0 Å². The molecule has 20 heavy (non-hydrogen) atoms. The predicted molar refractivity (Wildman–Crippen MR) is 79.9 cm³/mol. The van der Waals surface area contributed by atoms with Gasteiger partial charge in [0.15, 0.2) is 0 Å². The van der Waals surface area contributed by atoms with E-state index in [0.717, 1.165) is 17.1 Å². The Morgan fingerprint density at radius 3 is 2.90 bits per heavy atom. The first kappa shape index (κ1) is 13.4. The van der Waals surface area contributed by atoms with E-state index in [-0.39, 0.29) is 0 Å². The van der Waals surface area contributed by atoms with E-state index in [1.54, 1.807) is 6.20 Å². The maximum absolute atomic E-state index is 5.95. The van der Waals surface area contributed by atoms with E-state index in [9.17, 15) is 0 Å². The molecule has 0 unspecified atom stereocenters. The molecule has 3 rings (SSSR count). The van der Waals surface area contributed by atoms with Gasteiger partial charge in [-0.05, 0) is 42.2 Å². The van der Waals surface area contributed by atoms with E-state index in [4.69, 9.17) is 16.3 Å². The number of ether oxygens (including phenoxy) is 1. The van der Waals surface area contributed by atoms with Crippen LogP contribution in [-0.2, 0) is 13.2 Å². The number of hydrogen-bond donors (Lipinski definition) is 1. The van der Waals surface area contributed by atoms with E-state index in [1.165, 1.54) is 18.4 Å². The fourth-order valence-electron chi connectivity index (χ4n) is 1.97. The minimum absolute atomic E-state index is 0.479. The van der Waals surface area contributed by atoms with Gasteiger partial charge in [0.1, 0.15) is 6.61 Å². The van der Waals surface area contributed by atoms with Gasteiger partial charge in [-0.3, -0.25) is 0 Å². The highest BCUT2D eigenvalue weighted by Crippen LogP contribution is 2.20. The van der Waals surface area contributed by atoms with Crippen molar-refractivity contribution in [2.24, 2.45) is 0 Å². The lowest BCUT2D eigenvalue weighted by Crippen LogP contribution is -2.15. The summed E-state index contributed by atoms with van der Waals surface area (Å²) in [6.45, 7) is 1.35. The summed E-state index contributed by atoms with van der Waals surface area (Å²) in [4.78, 5) is 4.24. The number of nitrogens with one attached hydrogen (secondary N) is 1. The lowest BCUT2D eigenvalue weighted by molar-refractivity contribution is 0.293. The van der Waals surface area contributed by atoms with Gasteiger partial charge in [-0.1, -0.05) is 23.7 Å². The number of aromatic nitrogens is 1. The van der Waals surface area contributed by atoms with Crippen LogP contribution in [-0.4, -0.2) is 11.0 Å². The first-order valence-electron chi connectivity index (χ1n) is 6.85. The SMILES string of the molecule is Clc1cccc(COc2cc(CNC3CC3)ccn2)c1. The third kappa shape index (κ3) is 3.95. The Kier molecular flexibility index (Phi) is 4.19. The Balaban J connectivity index is 1.57. The Morgan fingerprint density at radius 2 is 2.10 bits per heavy atom. The first-order valence-corrected chi connectivity index (χ1v) is 7.23. The lowest BCUT2D eigenvalue weighted by atomic mass is 10.2. The normalized spacial score (nSPS) is 14.2. The number of hydrogen-bond acceptors (Lipinski definition) is 3. The molecule has 0 amide bonds. The van der Waals surface area contributed by atoms with Crippen molar-refractivity contribution >= 4 is 11.6 Å². The Morgan fingerprint density at radius 1 is 1.20 bits per heavy atom. The zero-order chi connectivity index (χ0) is 13.8. The van der Waals surface area contributed by atoms with Crippen molar-refractivity contribution in [3.05, 3.63) is 58.7 Å². The largest absolute Gasteiger partial charge is 0.473 e. The zero-order valence-electron chi connectivity index (χ0n) is 11.2. The van der Waals surface area contributed by atoms with Gasteiger partial charge in [0.2, 0.25) is 5.88 Å². The fraction of sp³-hybridized carbons (Fsp3) is 0.312. The van der Waals surface area contributed by atoms with Gasteiger partial charge in [-0.2, -0.15) is 0 Å². The molecule has 0 atom stereocenters. The Labute approximate surface area is 123 Å². The molecule has 1 fully saturated rings. The molecule has 0 spiro atoms. The number of nitrogens with zero attached hydrogens (tertiary/aromatic N) is 1. The topological polar surface area (TPSA) is 34.1 Å². The molecule has 104 valence electrons. The van der Waals surface area contributed by atoms with Crippen molar-refractivity contribution in [3.8, 4) is 5.88 Å². The number of pyridine rings is 1. The molecule has 1 aliphatic carbocycles. The molecule has 2 aromatic rings. The van der Waals surface area contributed by atoms with Crippen molar-refractivity contribution < 1.29 is 4.74 Å². The summed E-state index contributed by atoms with van der Waals surface area (Å²) in [6.07, 6.45) is 4.38. The summed E-state index contributed by atoms with van der Waals surface area (Å²) in [5.41, 5.74) is 2.24. The highest BCUT2D eigenvalue weighted by molar-refractivity contribution is 6.30. The standard InChI is InChI=1S/C16H17ClN2O/c17-14-3-1-2-13(8-14)11-20-16-9-12(6-7-18-16)10-19-15-4-5-15/h1-3,6-9,15,19H,4-5,10-11H2. The molecule has 4 heteroatoms. The van der Waals surface area contributed by atoms with Crippen LogP contribution in [0.3, 0.4) is 0 Å². The van der Waals surface area contributed by atoms with Crippen LogP contribution in [0.4, 0.5) is 0 Å². The van der Waals surface area contributed by atoms with Crippen molar-refractivity contribution in [1.29, 1.82) is 0 Å². The van der Waals surface area contributed by atoms with Crippen LogP contribution >= 0.6 is 11.6 Å². The molecule has 0 bridgehead atoms. The van der Waals surface area contributed by atoms with E-state index >= 15 is 0 Å². The molecular weight excluding hydrogens is 272 g/mol. The summed E-state index contributed by atoms with van der Waals surface area (Å²) in [5.74, 6) is 0.653. The van der Waals surface area contributed by atoms with Gasteiger partial charge in [0.05, 0.1) is 0 Å². The van der Waals surface area contributed by atoms with Gasteiger partial charge in [-0.25, -0.2) is 4.98 Å². The molecular formula is C16H17ClN2O. The van der Waals surface area contributed by atoms with Crippen LogP contribution in [0.15, 0.2) is 42.6 Å². The summed E-state index contributed by atoms with van der Waals surface area (Å²) in [7, 11) is 0. The van der Waals surface area contributed by atoms with Crippen LogP contribution < -0.4 is 10.1 Å². The van der Waals surface area contributed by atoms with Crippen LogP contribution in [0.1, 0.15) is 24.0 Å². The third-order valence-electron chi connectivity index (χ3n) is 3.25. The molecule has 0 aliphatic heterocycles. The van der Waals surface area contributed by atoms with Crippen molar-refractivity contribution in [1.82, 2.24) is 10.3 Å². The monoisotopic (exact) mass is 288 g/mol. The molecule has 3 nitrogen and oxygen atoms in total. The maximum atomic E-state index is 5.95. The second-order valence-electron chi connectivity index (χ2n) is 5.08. The fourth-order valence-corrected chi connectivity index (χ4v) is 2.19. The van der Waals surface area contributed by atoms with Crippen LogP contribution in [0.2, 0.25) is 5.02 Å². The van der Waals surface area contributed by atoms with Crippen LogP contribution in [0.25, 0.3) is 0 Å². The first-order chi connectivity index (χ1) is 9.79. The zero-order valence-corrected chi connectivity index (χ0v) is 11.9. The van der Waals surface area contributed by atoms with Crippen molar-refractivity contribution in [3.63, 3.8) is 0 Å². The average molecular weight is 289 g/mol. The van der Waals surface area contributed by atoms with E-state index < -0.39 is 0 Å². The molecule has 1 saturated carbocycles. The molecule has 0 saturated heterocycles. The quantitative estimate of drug-likeness (QED) is 0.882. The number of benzene rings is 1. The number of halogens is 1. The highest BCUT2D eigenvalue weighted by atomic mass is 35.5. The Bertz CT molecular complexity index is 584. The average Bonchev–Trinajstić information content (AvgIpc) is 3.28. The minimum Gasteiger partial charge on any atom is -0.473 e. The van der Waals surface area contributed by atoms with E-state index in [2.05, 4.69) is 10.3 Å². The summed E-state index contributed by atoms with van der Waals surface area (Å²) in [5, 5.41) is 4.20. The van der Waals surface area contributed by atoms with Crippen LogP contribution in [0.5, 0.6) is 5.88 Å². The molecule has 1 heterocycles. The third-order valence-corrected chi connectivity index (χ3v) is 3.48. The number of rotatable bonds is 6. The molecule has 1 N–H and O–H groups in total. The van der Waals surface area contributed by atoms with Gasteiger partial charge in [0, 0.05) is 29.9 Å². The van der Waals surface area contributed by atoms with Gasteiger partial charge in [0.25, 0.3) is 0 Å². The summed E-state index contributed by atoms with van der Waals surface area (Å²) < 4.78 is 5.71.